The van der Waals surface area contributed by atoms with Crippen molar-refractivity contribution in [2.24, 2.45) is 0 Å². The van der Waals surface area contributed by atoms with E-state index in [1.165, 1.54) is 33.6 Å². The van der Waals surface area contributed by atoms with Gasteiger partial charge in [-0.1, -0.05) is 84.4 Å². The average molecular weight is 358 g/mol. The van der Waals surface area contributed by atoms with Gasteiger partial charge in [-0.2, -0.15) is 0 Å². The fraction of sp³-hybridized carbons (Fsp3) is 0.0833. The van der Waals surface area contributed by atoms with Gasteiger partial charge >= 0.3 is 0 Å². The molecule has 0 spiro atoms. The first-order valence-electron chi connectivity index (χ1n) is 8.82. The molecule has 0 fully saturated rings. The van der Waals surface area contributed by atoms with Crippen molar-refractivity contribution in [3.63, 3.8) is 0 Å². The maximum absolute atomic E-state index is 6.01. The molecular weight excluding hydrogens is 338 g/mol. The third-order valence-corrected chi connectivity index (χ3v) is 4.82. The Morgan fingerprint density at radius 1 is 0.654 bits per heavy atom. The monoisotopic (exact) mass is 357 g/mol. The van der Waals surface area contributed by atoms with E-state index < -0.39 is 0 Å². The van der Waals surface area contributed by atoms with Crippen LogP contribution in [0.4, 0.5) is 0 Å². The zero-order valence-electron chi connectivity index (χ0n) is 14.5. The Morgan fingerprint density at radius 3 is 1.96 bits per heavy atom. The summed E-state index contributed by atoms with van der Waals surface area (Å²) < 4.78 is 0. The summed E-state index contributed by atoms with van der Waals surface area (Å²) in [7, 11) is 0. The predicted octanol–water partition coefficient (Wildman–Crippen LogP) is 6.52. The van der Waals surface area contributed by atoms with Crippen LogP contribution in [-0.2, 0) is 12.8 Å². The lowest BCUT2D eigenvalue weighted by atomic mass is 10.0. The summed E-state index contributed by atoms with van der Waals surface area (Å²) in [5.74, 6) is 0. The number of halogens is 1. The Balaban J connectivity index is 1.68. The molecule has 0 saturated heterocycles. The van der Waals surface area contributed by atoms with Gasteiger partial charge in [-0.05, 0) is 34.9 Å². The lowest BCUT2D eigenvalue weighted by Crippen LogP contribution is -1.92. The van der Waals surface area contributed by atoms with Crippen molar-refractivity contribution >= 4 is 11.6 Å². The number of rotatable bonds is 5. The molecule has 4 rings (SSSR count). The molecule has 0 amide bonds. The normalized spacial score (nSPS) is 10.8. The number of aromatic nitrogens is 1. The van der Waals surface area contributed by atoms with Crippen molar-refractivity contribution in [1.82, 2.24) is 4.98 Å². The van der Waals surface area contributed by atoms with Crippen LogP contribution in [0.1, 0.15) is 22.5 Å². The van der Waals surface area contributed by atoms with E-state index in [1.807, 2.05) is 12.1 Å². The first-order chi connectivity index (χ1) is 12.8. The second kappa shape index (κ2) is 7.63. The highest BCUT2D eigenvalue weighted by Gasteiger charge is 2.11. The van der Waals surface area contributed by atoms with Crippen LogP contribution in [-0.4, -0.2) is 4.98 Å². The number of hydrogen-bond acceptors (Lipinski definition) is 0. The molecule has 0 atom stereocenters. The van der Waals surface area contributed by atoms with Crippen molar-refractivity contribution in [2.75, 3.05) is 0 Å². The maximum atomic E-state index is 6.01. The highest BCUT2D eigenvalue weighted by Crippen LogP contribution is 2.28. The van der Waals surface area contributed by atoms with Gasteiger partial charge in [-0.25, -0.2) is 0 Å². The number of benzene rings is 3. The minimum atomic E-state index is 0.773. The SMILES string of the molecule is Clc1ccc(Cc2cc(-c3ccccc3)c(Cc3ccccc3)[nH]2)cc1. The van der Waals surface area contributed by atoms with E-state index in [9.17, 15) is 0 Å². The zero-order valence-corrected chi connectivity index (χ0v) is 15.2. The molecule has 0 aliphatic heterocycles. The first-order valence-corrected chi connectivity index (χ1v) is 9.20. The quantitative estimate of drug-likeness (QED) is 0.418. The molecular formula is C24H20ClN. The summed E-state index contributed by atoms with van der Waals surface area (Å²) in [6, 6.07) is 31.5. The number of H-pyrrole nitrogens is 1. The Morgan fingerprint density at radius 2 is 1.27 bits per heavy atom. The molecule has 26 heavy (non-hydrogen) atoms. The Labute approximate surface area is 159 Å². The summed E-state index contributed by atoms with van der Waals surface area (Å²) in [5.41, 5.74) is 7.56. The Kier molecular flexibility index (Phi) is 4.90. The number of nitrogens with one attached hydrogen (secondary N) is 1. The lowest BCUT2D eigenvalue weighted by molar-refractivity contribution is 1.04. The third kappa shape index (κ3) is 3.89. The molecule has 1 nitrogen and oxygen atoms in total. The van der Waals surface area contributed by atoms with Gasteiger partial charge < -0.3 is 4.98 Å². The van der Waals surface area contributed by atoms with E-state index in [0.717, 1.165) is 17.9 Å². The summed E-state index contributed by atoms with van der Waals surface area (Å²) in [4.78, 5) is 3.66. The van der Waals surface area contributed by atoms with Crippen LogP contribution in [0.2, 0.25) is 5.02 Å². The highest BCUT2D eigenvalue weighted by molar-refractivity contribution is 6.30. The van der Waals surface area contributed by atoms with E-state index in [2.05, 4.69) is 83.8 Å². The lowest BCUT2D eigenvalue weighted by Gasteiger charge is -2.05. The molecule has 128 valence electrons. The van der Waals surface area contributed by atoms with Gasteiger partial charge in [-0.3, -0.25) is 0 Å². The molecule has 1 heterocycles. The number of aromatic amines is 1. The molecule has 0 bridgehead atoms. The Hall–Kier alpha value is -2.77. The standard InChI is InChI=1S/C24H20ClN/c25-21-13-11-19(12-14-21)15-22-17-23(20-9-5-2-6-10-20)24(26-22)16-18-7-3-1-4-8-18/h1-14,17,26H,15-16H2. The summed E-state index contributed by atoms with van der Waals surface area (Å²) in [5, 5.41) is 0.773. The van der Waals surface area contributed by atoms with Crippen molar-refractivity contribution in [1.29, 1.82) is 0 Å². The maximum Gasteiger partial charge on any atom is 0.0406 e. The van der Waals surface area contributed by atoms with Gasteiger partial charge in [0.25, 0.3) is 0 Å². The fourth-order valence-electron chi connectivity index (χ4n) is 3.29. The Bertz CT molecular complexity index is 970. The van der Waals surface area contributed by atoms with Crippen LogP contribution >= 0.6 is 11.6 Å². The molecule has 0 aliphatic rings. The molecule has 4 aromatic rings. The van der Waals surface area contributed by atoms with Crippen molar-refractivity contribution in [3.8, 4) is 11.1 Å². The van der Waals surface area contributed by atoms with Crippen molar-refractivity contribution < 1.29 is 0 Å². The average Bonchev–Trinajstić information content (AvgIpc) is 3.07. The second-order valence-electron chi connectivity index (χ2n) is 6.52. The van der Waals surface area contributed by atoms with Crippen LogP contribution in [0.15, 0.2) is 91.0 Å². The molecule has 0 saturated carbocycles. The highest BCUT2D eigenvalue weighted by atomic mass is 35.5. The van der Waals surface area contributed by atoms with Gasteiger partial charge in [0.2, 0.25) is 0 Å². The minimum Gasteiger partial charge on any atom is -0.361 e. The van der Waals surface area contributed by atoms with Gasteiger partial charge in [0.1, 0.15) is 0 Å². The fourth-order valence-corrected chi connectivity index (χ4v) is 3.42. The van der Waals surface area contributed by atoms with E-state index in [1.54, 1.807) is 0 Å². The molecule has 1 aromatic heterocycles. The third-order valence-electron chi connectivity index (χ3n) is 4.57. The second-order valence-corrected chi connectivity index (χ2v) is 6.95. The first kappa shape index (κ1) is 16.7. The smallest absolute Gasteiger partial charge is 0.0406 e. The summed E-state index contributed by atoms with van der Waals surface area (Å²) >= 11 is 6.01. The summed E-state index contributed by atoms with van der Waals surface area (Å²) in [6.45, 7) is 0. The molecule has 0 radical (unpaired) electrons. The van der Waals surface area contributed by atoms with E-state index in [0.29, 0.717) is 0 Å². The molecule has 3 aromatic carbocycles. The van der Waals surface area contributed by atoms with E-state index in [-0.39, 0.29) is 0 Å². The minimum absolute atomic E-state index is 0.773. The van der Waals surface area contributed by atoms with E-state index in [4.69, 9.17) is 11.6 Å². The largest absolute Gasteiger partial charge is 0.361 e. The van der Waals surface area contributed by atoms with E-state index >= 15 is 0 Å². The van der Waals surface area contributed by atoms with Crippen LogP contribution in [0.5, 0.6) is 0 Å². The van der Waals surface area contributed by atoms with Crippen molar-refractivity contribution in [3.05, 3.63) is 119 Å². The van der Waals surface area contributed by atoms with Gasteiger partial charge in [0.15, 0.2) is 0 Å². The summed E-state index contributed by atoms with van der Waals surface area (Å²) in [6.07, 6.45) is 1.76. The topological polar surface area (TPSA) is 15.8 Å². The number of hydrogen-bond donors (Lipinski definition) is 1. The van der Waals surface area contributed by atoms with Crippen LogP contribution < -0.4 is 0 Å². The van der Waals surface area contributed by atoms with Gasteiger partial charge in [-0.15, -0.1) is 0 Å². The molecule has 2 heteroatoms. The molecule has 1 N–H and O–H groups in total. The van der Waals surface area contributed by atoms with Crippen LogP contribution in [0.3, 0.4) is 0 Å². The van der Waals surface area contributed by atoms with Crippen LogP contribution in [0, 0.1) is 0 Å². The van der Waals surface area contributed by atoms with Crippen molar-refractivity contribution in [2.45, 2.75) is 12.8 Å². The molecule has 0 unspecified atom stereocenters. The predicted molar refractivity (Wildman–Crippen MR) is 110 cm³/mol. The van der Waals surface area contributed by atoms with Crippen LogP contribution in [0.25, 0.3) is 11.1 Å². The van der Waals surface area contributed by atoms with Gasteiger partial charge in [0, 0.05) is 34.8 Å². The van der Waals surface area contributed by atoms with Gasteiger partial charge in [0.05, 0.1) is 0 Å². The molecule has 0 aliphatic carbocycles. The zero-order chi connectivity index (χ0) is 17.8.